The maximum Gasteiger partial charge on any atom is 0.250 e. The SMILES string of the molecule is COCC(=O)Nc1ccc(C)c(N/N=C(\C#N)C(=N)N)c1. The lowest BCUT2D eigenvalue weighted by Crippen LogP contribution is -2.22. The van der Waals surface area contributed by atoms with E-state index in [1.165, 1.54) is 7.11 Å². The van der Waals surface area contributed by atoms with Crippen LogP contribution in [0.15, 0.2) is 23.3 Å². The first-order chi connectivity index (χ1) is 9.97. The Morgan fingerprint density at radius 1 is 1.57 bits per heavy atom. The number of methoxy groups -OCH3 is 1. The molecule has 1 aromatic carbocycles. The Balaban J connectivity index is 2.90. The van der Waals surface area contributed by atoms with Crippen molar-refractivity contribution in [3.8, 4) is 6.07 Å². The number of nitrogens with zero attached hydrogens (tertiary/aromatic N) is 2. The van der Waals surface area contributed by atoms with Crippen molar-refractivity contribution < 1.29 is 9.53 Å². The highest BCUT2D eigenvalue weighted by atomic mass is 16.5. The molecule has 0 aliphatic carbocycles. The summed E-state index contributed by atoms with van der Waals surface area (Å²) >= 11 is 0. The Kier molecular flexibility index (Phi) is 5.85. The molecule has 0 saturated heterocycles. The van der Waals surface area contributed by atoms with E-state index in [9.17, 15) is 4.79 Å². The molecule has 0 atom stereocenters. The maximum absolute atomic E-state index is 11.4. The number of ether oxygens (including phenoxy) is 1. The van der Waals surface area contributed by atoms with Gasteiger partial charge in [-0.15, -0.1) is 0 Å². The fourth-order valence-corrected chi connectivity index (χ4v) is 1.41. The second-order valence-electron chi connectivity index (χ2n) is 4.11. The van der Waals surface area contributed by atoms with Crippen molar-refractivity contribution in [2.75, 3.05) is 24.5 Å². The molecular weight excluding hydrogens is 272 g/mol. The number of aryl methyl sites for hydroxylation is 1. The molecule has 21 heavy (non-hydrogen) atoms. The van der Waals surface area contributed by atoms with E-state index in [2.05, 4.69) is 15.8 Å². The Bertz CT molecular complexity index is 618. The Hall–Kier alpha value is -2.92. The first-order valence-electron chi connectivity index (χ1n) is 5.95. The molecule has 0 saturated carbocycles. The zero-order valence-corrected chi connectivity index (χ0v) is 11.7. The Morgan fingerprint density at radius 3 is 2.86 bits per heavy atom. The summed E-state index contributed by atoms with van der Waals surface area (Å²) in [7, 11) is 1.43. The fraction of sp³-hybridized carbons (Fsp3) is 0.231. The Morgan fingerprint density at radius 2 is 2.29 bits per heavy atom. The number of carbonyl (C=O) groups excluding carboxylic acids is 1. The number of nitriles is 1. The summed E-state index contributed by atoms with van der Waals surface area (Å²) in [6.45, 7) is 1.79. The minimum atomic E-state index is -0.424. The molecule has 0 heterocycles. The number of amidine groups is 1. The standard InChI is InChI=1S/C13H16N6O2/c1-8-3-4-9(17-12(20)7-21-2)5-10(8)18-19-11(6-14)13(15)16/h3-5,18H,7H2,1-2H3,(H3,15,16)(H,17,20)/b19-11+. The van der Waals surface area contributed by atoms with Gasteiger partial charge in [0.2, 0.25) is 11.6 Å². The van der Waals surface area contributed by atoms with E-state index >= 15 is 0 Å². The quantitative estimate of drug-likeness (QED) is 0.349. The van der Waals surface area contributed by atoms with E-state index in [4.69, 9.17) is 21.1 Å². The molecule has 0 aliphatic rings. The number of anilines is 2. The second-order valence-corrected chi connectivity index (χ2v) is 4.11. The summed E-state index contributed by atoms with van der Waals surface area (Å²) in [5, 5.41) is 22.3. The summed E-state index contributed by atoms with van der Waals surface area (Å²) in [5.74, 6) is -0.704. The minimum Gasteiger partial charge on any atom is -0.382 e. The molecule has 0 aromatic heterocycles. The Labute approximate surface area is 122 Å². The van der Waals surface area contributed by atoms with Gasteiger partial charge in [-0.1, -0.05) is 6.07 Å². The summed E-state index contributed by atoms with van der Waals surface area (Å²) in [6.07, 6.45) is 0. The molecule has 0 bridgehead atoms. The molecule has 1 aromatic rings. The summed E-state index contributed by atoms with van der Waals surface area (Å²) in [4.78, 5) is 11.4. The molecule has 8 nitrogen and oxygen atoms in total. The first-order valence-corrected chi connectivity index (χ1v) is 5.95. The van der Waals surface area contributed by atoms with E-state index in [1.807, 2.05) is 6.92 Å². The molecular formula is C13H16N6O2. The molecule has 110 valence electrons. The predicted octanol–water partition coefficient (Wildman–Crippen LogP) is 0.807. The van der Waals surface area contributed by atoms with E-state index < -0.39 is 5.84 Å². The van der Waals surface area contributed by atoms with E-state index in [0.29, 0.717) is 11.4 Å². The van der Waals surface area contributed by atoms with E-state index in [1.54, 1.807) is 24.3 Å². The van der Waals surface area contributed by atoms with Gasteiger partial charge in [-0.2, -0.15) is 10.4 Å². The van der Waals surface area contributed by atoms with Gasteiger partial charge in [0.25, 0.3) is 0 Å². The topological polar surface area (TPSA) is 136 Å². The van der Waals surface area contributed by atoms with Gasteiger partial charge >= 0.3 is 0 Å². The second kappa shape index (κ2) is 7.62. The molecule has 0 aliphatic heterocycles. The van der Waals surface area contributed by atoms with Gasteiger partial charge in [0, 0.05) is 12.8 Å². The van der Waals surface area contributed by atoms with Crippen LogP contribution in [0.1, 0.15) is 5.56 Å². The number of benzene rings is 1. The van der Waals surface area contributed by atoms with Crippen LogP contribution in [0.2, 0.25) is 0 Å². The molecule has 8 heteroatoms. The van der Waals surface area contributed by atoms with Gasteiger partial charge in [-0.3, -0.25) is 15.6 Å². The zero-order valence-electron chi connectivity index (χ0n) is 11.7. The van der Waals surface area contributed by atoms with Gasteiger partial charge in [-0.25, -0.2) is 0 Å². The third-order valence-electron chi connectivity index (χ3n) is 2.45. The zero-order chi connectivity index (χ0) is 15.8. The average Bonchev–Trinajstić information content (AvgIpc) is 2.42. The largest absolute Gasteiger partial charge is 0.382 e. The predicted molar refractivity (Wildman–Crippen MR) is 80.3 cm³/mol. The number of nitrogens with two attached hydrogens (primary N) is 1. The van der Waals surface area contributed by atoms with Crippen LogP contribution in [0.4, 0.5) is 11.4 Å². The van der Waals surface area contributed by atoms with Gasteiger partial charge < -0.3 is 15.8 Å². The van der Waals surface area contributed by atoms with Crippen LogP contribution in [0.3, 0.4) is 0 Å². The van der Waals surface area contributed by atoms with Crippen LogP contribution >= 0.6 is 0 Å². The van der Waals surface area contributed by atoms with Gasteiger partial charge in [0.1, 0.15) is 12.7 Å². The highest BCUT2D eigenvalue weighted by Crippen LogP contribution is 2.20. The van der Waals surface area contributed by atoms with Crippen LogP contribution in [-0.4, -0.2) is 31.2 Å². The van der Waals surface area contributed by atoms with Crippen molar-refractivity contribution >= 4 is 28.8 Å². The lowest BCUT2D eigenvalue weighted by molar-refractivity contribution is -0.119. The number of hydrogen-bond donors (Lipinski definition) is 4. The number of nitrogens with one attached hydrogen (secondary N) is 3. The van der Waals surface area contributed by atoms with Crippen molar-refractivity contribution in [1.82, 2.24) is 0 Å². The highest BCUT2D eigenvalue weighted by Gasteiger charge is 2.05. The molecule has 0 radical (unpaired) electrons. The lowest BCUT2D eigenvalue weighted by atomic mass is 10.2. The van der Waals surface area contributed by atoms with E-state index in [0.717, 1.165) is 5.56 Å². The summed E-state index contributed by atoms with van der Waals surface area (Å²) < 4.78 is 4.73. The smallest absolute Gasteiger partial charge is 0.250 e. The van der Waals surface area contributed by atoms with Gasteiger partial charge in [-0.05, 0) is 24.6 Å². The van der Waals surface area contributed by atoms with Crippen LogP contribution in [-0.2, 0) is 9.53 Å². The third kappa shape index (κ3) is 4.93. The van der Waals surface area contributed by atoms with Crippen molar-refractivity contribution in [2.24, 2.45) is 10.8 Å². The third-order valence-corrected chi connectivity index (χ3v) is 2.45. The minimum absolute atomic E-state index is 0.0439. The first kappa shape index (κ1) is 16.1. The van der Waals surface area contributed by atoms with Gasteiger partial charge in [0.05, 0.1) is 5.69 Å². The number of hydrogen-bond acceptors (Lipinski definition) is 6. The van der Waals surface area contributed by atoms with Crippen LogP contribution < -0.4 is 16.5 Å². The molecule has 1 rings (SSSR count). The summed E-state index contributed by atoms with van der Waals surface area (Å²) in [6, 6.07) is 6.87. The van der Waals surface area contributed by atoms with Crippen LogP contribution in [0, 0.1) is 23.7 Å². The normalized spacial score (nSPS) is 10.6. The van der Waals surface area contributed by atoms with Gasteiger partial charge in [0.15, 0.2) is 5.84 Å². The fourth-order valence-electron chi connectivity index (χ4n) is 1.41. The maximum atomic E-state index is 11.4. The molecule has 5 N–H and O–H groups in total. The highest BCUT2D eigenvalue weighted by molar-refractivity contribution is 6.45. The molecule has 0 fully saturated rings. The van der Waals surface area contributed by atoms with Crippen molar-refractivity contribution in [1.29, 1.82) is 10.7 Å². The van der Waals surface area contributed by atoms with Crippen molar-refractivity contribution in [3.63, 3.8) is 0 Å². The average molecular weight is 288 g/mol. The summed E-state index contributed by atoms with van der Waals surface area (Å²) in [5.41, 5.74) is 9.62. The molecule has 0 unspecified atom stereocenters. The number of rotatable bonds is 6. The lowest BCUT2D eigenvalue weighted by Gasteiger charge is -2.09. The molecule has 1 amide bonds. The number of hydrazone groups is 1. The van der Waals surface area contributed by atoms with Crippen LogP contribution in [0.5, 0.6) is 0 Å². The van der Waals surface area contributed by atoms with Crippen molar-refractivity contribution in [2.45, 2.75) is 6.92 Å². The van der Waals surface area contributed by atoms with Crippen molar-refractivity contribution in [3.05, 3.63) is 23.8 Å². The monoisotopic (exact) mass is 288 g/mol. The van der Waals surface area contributed by atoms with Crippen LogP contribution in [0.25, 0.3) is 0 Å². The van der Waals surface area contributed by atoms with E-state index in [-0.39, 0.29) is 18.2 Å². The molecule has 0 spiro atoms. The number of amides is 1. The number of carbonyl (C=O) groups is 1.